The van der Waals surface area contributed by atoms with Crippen LogP contribution in [0.5, 0.6) is 0 Å². The zero-order valence-corrected chi connectivity index (χ0v) is 16.5. The Morgan fingerprint density at radius 1 is 0.806 bits per heavy atom. The van der Waals surface area contributed by atoms with E-state index >= 15 is 0 Å². The zero-order chi connectivity index (χ0) is 21.2. The average Bonchev–Trinajstić information content (AvgIpc) is 2.84. The van der Waals surface area contributed by atoms with Gasteiger partial charge < -0.3 is 4.74 Å². The van der Waals surface area contributed by atoms with E-state index in [9.17, 15) is 10.1 Å². The summed E-state index contributed by atoms with van der Waals surface area (Å²) in [4.78, 5) is 15.4. The molecular formula is C26H18N2O3. The number of ether oxygens (including phenoxy) is 1. The van der Waals surface area contributed by atoms with Crippen molar-refractivity contribution in [3.63, 3.8) is 0 Å². The molecule has 1 aliphatic rings. The molecule has 0 radical (unpaired) electrons. The van der Waals surface area contributed by atoms with Gasteiger partial charge in [-0.1, -0.05) is 72.8 Å². The van der Waals surface area contributed by atoms with E-state index in [2.05, 4.69) is 18.2 Å². The third-order valence-electron chi connectivity index (χ3n) is 5.28. The van der Waals surface area contributed by atoms with E-state index in [4.69, 9.17) is 9.73 Å². The zero-order valence-electron chi connectivity index (χ0n) is 16.5. The van der Waals surface area contributed by atoms with Crippen molar-refractivity contribution in [3.05, 3.63) is 130 Å². The fraction of sp³-hybridized carbons (Fsp3) is 0.0385. The number of hydrogen-bond acceptors (Lipinski definition) is 4. The van der Waals surface area contributed by atoms with Crippen LogP contribution in [-0.2, 0) is 4.74 Å². The SMILES string of the molecule is O=[N+]([O-])c1ccc([C@H]2N=C(c3ccccc3)C=C(c3cccc4ccccc34)O2)cc1. The van der Waals surface area contributed by atoms with E-state index < -0.39 is 11.2 Å². The molecule has 0 saturated heterocycles. The molecule has 0 bridgehead atoms. The number of fused-ring (bicyclic) bond motifs is 1. The van der Waals surface area contributed by atoms with Crippen molar-refractivity contribution in [2.24, 2.45) is 4.99 Å². The van der Waals surface area contributed by atoms with E-state index in [0.717, 1.165) is 33.2 Å². The van der Waals surface area contributed by atoms with Crippen LogP contribution >= 0.6 is 0 Å². The van der Waals surface area contributed by atoms with Gasteiger partial charge in [0, 0.05) is 29.3 Å². The molecule has 0 unspecified atom stereocenters. The minimum absolute atomic E-state index is 0.0386. The molecule has 150 valence electrons. The second-order valence-corrected chi connectivity index (χ2v) is 7.23. The molecule has 5 rings (SSSR count). The summed E-state index contributed by atoms with van der Waals surface area (Å²) in [6.45, 7) is 0. The van der Waals surface area contributed by atoms with E-state index in [1.807, 2.05) is 60.7 Å². The molecule has 0 aliphatic carbocycles. The van der Waals surface area contributed by atoms with Crippen LogP contribution in [0.1, 0.15) is 22.9 Å². The third kappa shape index (κ3) is 3.69. The van der Waals surface area contributed by atoms with Gasteiger partial charge in [0.2, 0.25) is 6.23 Å². The lowest BCUT2D eigenvalue weighted by Gasteiger charge is -2.24. The van der Waals surface area contributed by atoms with Gasteiger partial charge >= 0.3 is 0 Å². The van der Waals surface area contributed by atoms with E-state index in [1.54, 1.807) is 12.1 Å². The fourth-order valence-electron chi connectivity index (χ4n) is 3.72. The number of aliphatic imine (C=N–C) groups is 1. The summed E-state index contributed by atoms with van der Waals surface area (Å²) < 4.78 is 6.32. The minimum Gasteiger partial charge on any atom is -0.464 e. The van der Waals surface area contributed by atoms with Gasteiger partial charge in [-0.15, -0.1) is 0 Å². The first-order valence-electron chi connectivity index (χ1n) is 9.93. The summed E-state index contributed by atoms with van der Waals surface area (Å²) in [7, 11) is 0. The molecule has 4 aromatic rings. The lowest BCUT2D eigenvalue weighted by molar-refractivity contribution is -0.384. The Morgan fingerprint density at radius 2 is 1.52 bits per heavy atom. The van der Waals surface area contributed by atoms with Crippen molar-refractivity contribution < 1.29 is 9.66 Å². The van der Waals surface area contributed by atoms with Crippen molar-refractivity contribution in [3.8, 4) is 0 Å². The van der Waals surface area contributed by atoms with Gasteiger partial charge in [-0.2, -0.15) is 0 Å². The number of nitro groups is 1. The maximum absolute atomic E-state index is 11.0. The Balaban J connectivity index is 1.62. The van der Waals surface area contributed by atoms with Crippen molar-refractivity contribution in [2.45, 2.75) is 6.23 Å². The molecule has 0 aromatic heterocycles. The average molecular weight is 406 g/mol. The molecule has 31 heavy (non-hydrogen) atoms. The normalized spacial score (nSPS) is 15.7. The van der Waals surface area contributed by atoms with Crippen molar-refractivity contribution >= 4 is 27.9 Å². The predicted molar refractivity (Wildman–Crippen MR) is 122 cm³/mol. The van der Waals surface area contributed by atoms with Gasteiger partial charge in [0.25, 0.3) is 5.69 Å². The van der Waals surface area contributed by atoms with Gasteiger partial charge in [-0.05, 0) is 28.5 Å². The van der Waals surface area contributed by atoms with Gasteiger partial charge in [-0.3, -0.25) is 10.1 Å². The van der Waals surface area contributed by atoms with Crippen LogP contribution in [0.25, 0.3) is 16.5 Å². The lowest BCUT2D eigenvalue weighted by atomic mass is 10.00. The standard InChI is InChI=1S/C26H18N2O3/c29-28(30)21-15-13-20(14-16-21)26-27-24(19-8-2-1-3-9-19)17-25(31-26)23-12-6-10-18-7-4-5-11-22(18)23/h1-17,26H/t26-/m0/s1. The molecular weight excluding hydrogens is 388 g/mol. The smallest absolute Gasteiger partial charge is 0.269 e. The lowest BCUT2D eigenvalue weighted by Crippen LogP contribution is -2.13. The highest BCUT2D eigenvalue weighted by atomic mass is 16.6. The van der Waals surface area contributed by atoms with E-state index in [-0.39, 0.29) is 5.69 Å². The van der Waals surface area contributed by atoms with E-state index in [0.29, 0.717) is 5.76 Å². The summed E-state index contributed by atoms with van der Waals surface area (Å²) in [6.07, 6.45) is 1.36. The highest BCUT2D eigenvalue weighted by Gasteiger charge is 2.23. The Bertz CT molecular complexity index is 1320. The van der Waals surface area contributed by atoms with Crippen LogP contribution in [0.2, 0.25) is 0 Å². The van der Waals surface area contributed by atoms with Crippen molar-refractivity contribution in [2.75, 3.05) is 0 Å². The van der Waals surface area contributed by atoms with Gasteiger partial charge in [0.05, 0.1) is 10.6 Å². The molecule has 0 amide bonds. The number of nitrogens with zero attached hydrogens (tertiary/aromatic N) is 2. The molecule has 1 atom stereocenters. The predicted octanol–water partition coefficient (Wildman–Crippen LogP) is 6.31. The summed E-state index contributed by atoms with van der Waals surface area (Å²) in [5.74, 6) is 0.717. The molecule has 1 heterocycles. The molecule has 4 aromatic carbocycles. The molecule has 5 heteroatoms. The molecule has 0 N–H and O–H groups in total. The molecule has 0 spiro atoms. The summed E-state index contributed by atoms with van der Waals surface area (Å²) in [5.41, 5.74) is 3.56. The number of allylic oxidation sites excluding steroid dienone is 1. The van der Waals surface area contributed by atoms with Crippen LogP contribution in [0.3, 0.4) is 0 Å². The Hall–Kier alpha value is -4.25. The largest absolute Gasteiger partial charge is 0.464 e. The first kappa shape index (κ1) is 18.8. The van der Waals surface area contributed by atoms with Gasteiger partial charge in [-0.25, -0.2) is 4.99 Å². The maximum atomic E-state index is 11.0. The number of benzene rings is 4. The fourth-order valence-corrected chi connectivity index (χ4v) is 3.72. The Morgan fingerprint density at radius 3 is 2.29 bits per heavy atom. The van der Waals surface area contributed by atoms with Gasteiger partial charge in [0.15, 0.2) is 0 Å². The first-order valence-corrected chi connectivity index (χ1v) is 9.93. The second kappa shape index (κ2) is 7.88. The first-order chi connectivity index (χ1) is 15.2. The number of hydrogen-bond donors (Lipinski definition) is 0. The number of rotatable bonds is 4. The second-order valence-electron chi connectivity index (χ2n) is 7.23. The summed E-state index contributed by atoms with van der Waals surface area (Å²) >= 11 is 0. The van der Waals surface area contributed by atoms with Crippen LogP contribution in [-0.4, -0.2) is 10.6 Å². The van der Waals surface area contributed by atoms with E-state index in [1.165, 1.54) is 12.1 Å². The highest BCUT2D eigenvalue weighted by Crippen LogP contribution is 2.35. The van der Waals surface area contributed by atoms with Crippen LogP contribution < -0.4 is 0 Å². The molecule has 0 saturated carbocycles. The molecule has 5 nitrogen and oxygen atoms in total. The van der Waals surface area contributed by atoms with Crippen LogP contribution in [0.4, 0.5) is 5.69 Å². The van der Waals surface area contributed by atoms with Gasteiger partial charge in [0.1, 0.15) is 5.76 Å². The Kier molecular flexibility index (Phi) is 4.77. The molecule has 0 fully saturated rings. The Labute approximate surface area is 179 Å². The number of nitro benzene ring substituents is 1. The number of non-ortho nitro benzene ring substituents is 1. The topological polar surface area (TPSA) is 64.7 Å². The molecule has 1 aliphatic heterocycles. The monoisotopic (exact) mass is 406 g/mol. The van der Waals surface area contributed by atoms with Crippen molar-refractivity contribution in [1.29, 1.82) is 0 Å². The quantitative estimate of drug-likeness (QED) is 0.295. The van der Waals surface area contributed by atoms with Crippen LogP contribution in [0.15, 0.2) is 108 Å². The summed E-state index contributed by atoms with van der Waals surface area (Å²) in [6, 6.07) is 30.6. The minimum atomic E-state index is -0.602. The maximum Gasteiger partial charge on any atom is 0.269 e. The highest BCUT2D eigenvalue weighted by molar-refractivity contribution is 6.13. The van der Waals surface area contributed by atoms with Crippen molar-refractivity contribution in [1.82, 2.24) is 0 Å². The van der Waals surface area contributed by atoms with Crippen LogP contribution in [0, 0.1) is 10.1 Å². The third-order valence-corrected chi connectivity index (χ3v) is 5.28. The summed E-state index contributed by atoms with van der Waals surface area (Å²) in [5, 5.41) is 13.2.